The standard InChI is InChI=1S/C10H22N2O/c1-13-8-5-10(11)9-12-6-3-2-4-7-12/h10H,2-9,11H2,1H3. The Morgan fingerprint density at radius 3 is 2.62 bits per heavy atom. The maximum Gasteiger partial charge on any atom is 0.0477 e. The topological polar surface area (TPSA) is 38.5 Å². The SMILES string of the molecule is COCCC(N)CN1CCCCC1. The molecule has 0 aromatic rings. The van der Waals surface area contributed by atoms with Crippen LogP contribution in [-0.4, -0.2) is 44.3 Å². The lowest BCUT2D eigenvalue weighted by Crippen LogP contribution is -2.40. The van der Waals surface area contributed by atoms with Gasteiger partial charge in [0.05, 0.1) is 0 Å². The third-order valence-corrected chi connectivity index (χ3v) is 2.63. The van der Waals surface area contributed by atoms with Crippen molar-refractivity contribution in [2.24, 2.45) is 5.73 Å². The Morgan fingerprint density at radius 2 is 2.00 bits per heavy atom. The van der Waals surface area contributed by atoms with Crippen LogP contribution < -0.4 is 5.73 Å². The van der Waals surface area contributed by atoms with Crippen LogP contribution in [-0.2, 0) is 4.74 Å². The zero-order chi connectivity index (χ0) is 9.52. The molecule has 1 saturated heterocycles. The second-order valence-electron chi connectivity index (χ2n) is 3.90. The van der Waals surface area contributed by atoms with E-state index >= 15 is 0 Å². The third-order valence-electron chi connectivity index (χ3n) is 2.63. The van der Waals surface area contributed by atoms with Gasteiger partial charge < -0.3 is 15.4 Å². The molecule has 0 aromatic heterocycles. The molecule has 0 aliphatic carbocycles. The Kier molecular flexibility index (Phi) is 5.35. The van der Waals surface area contributed by atoms with Crippen molar-refractivity contribution in [3.63, 3.8) is 0 Å². The van der Waals surface area contributed by atoms with Crippen LogP contribution in [0.15, 0.2) is 0 Å². The van der Waals surface area contributed by atoms with Crippen molar-refractivity contribution in [2.45, 2.75) is 31.7 Å². The largest absolute Gasteiger partial charge is 0.385 e. The number of methoxy groups -OCH3 is 1. The van der Waals surface area contributed by atoms with Crippen LogP contribution in [0.25, 0.3) is 0 Å². The number of rotatable bonds is 5. The Morgan fingerprint density at radius 1 is 1.31 bits per heavy atom. The Bertz CT molecular complexity index is 124. The monoisotopic (exact) mass is 186 g/mol. The van der Waals surface area contributed by atoms with Crippen LogP contribution in [0.1, 0.15) is 25.7 Å². The van der Waals surface area contributed by atoms with Gasteiger partial charge in [0, 0.05) is 26.3 Å². The van der Waals surface area contributed by atoms with Gasteiger partial charge >= 0.3 is 0 Å². The summed E-state index contributed by atoms with van der Waals surface area (Å²) in [4.78, 5) is 2.48. The van der Waals surface area contributed by atoms with E-state index < -0.39 is 0 Å². The Labute approximate surface area is 81.2 Å². The van der Waals surface area contributed by atoms with Crippen molar-refractivity contribution >= 4 is 0 Å². The highest BCUT2D eigenvalue weighted by Gasteiger charge is 2.12. The van der Waals surface area contributed by atoms with Gasteiger partial charge in [0.2, 0.25) is 0 Å². The summed E-state index contributed by atoms with van der Waals surface area (Å²) in [5.74, 6) is 0. The minimum atomic E-state index is 0.290. The second kappa shape index (κ2) is 6.35. The van der Waals surface area contributed by atoms with E-state index in [1.54, 1.807) is 7.11 Å². The summed E-state index contributed by atoms with van der Waals surface area (Å²) >= 11 is 0. The molecule has 1 aliphatic heterocycles. The quantitative estimate of drug-likeness (QED) is 0.691. The predicted octanol–water partition coefficient (Wildman–Crippen LogP) is 0.836. The fraction of sp³-hybridized carbons (Fsp3) is 1.00. The van der Waals surface area contributed by atoms with Gasteiger partial charge in [-0.05, 0) is 32.4 Å². The summed E-state index contributed by atoms with van der Waals surface area (Å²) in [6, 6.07) is 0.290. The first kappa shape index (κ1) is 11.0. The fourth-order valence-corrected chi connectivity index (χ4v) is 1.83. The number of hydrogen-bond donors (Lipinski definition) is 1. The molecule has 0 saturated carbocycles. The van der Waals surface area contributed by atoms with Gasteiger partial charge in [0.15, 0.2) is 0 Å². The van der Waals surface area contributed by atoms with Crippen molar-refractivity contribution in [2.75, 3.05) is 33.4 Å². The number of hydrogen-bond acceptors (Lipinski definition) is 3. The molecule has 2 N–H and O–H groups in total. The number of ether oxygens (including phenoxy) is 1. The van der Waals surface area contributed by atoms with E-state index in [0.29, 0.717) is 0 Å². The van der Waals surface area contributed by atoms with Gasteiger partial charge in [-0.2, -0.15) is 0 Å². The molecular formula is C10H22N2O. The Balaban J connectivity index is 2.07. The van der Waals surface area contributed by atoms with Crippen LogP contribution in [0, 0.1) is 0 Å². The van der Waals surface area contributed by atoms with Crippen LogP contribution in [0.3, 0.4) is 0 Å². The maximum atomic E-state index is 5.97. The number of likely N-dealkylation sites (tertiary alicyclic amines) is 1. The van der Waals surface area contributed by atoms with Crippen LogP contribution in [0.2, 0.25) is 0 Å². The molecule has 0 radical (unpaired) electrons. The maximum absolute atomic E-state index is 5.97. The van der Waals surface area contributed by atoms with Crippen molar-refractivity contribution in [1.29, 1.82) is 0 Å². The van der Waals surface area contributed by atoms with Gasteiger partial charge in [0.1, 0.15) is 0 Å². The molecule has 0 aromatic carbocycles. The first-order valence-corrected chi connectivity index (χ1v) is 5.30. The Hall–Kier alpha value is -0.120. The summed E-state index contributed by atoms with van der Waals surface area (Å²) < 4.78 is 5.00. The van der Waals surface area contributed by atoms with E-state index in [0.717, 1.165) is 19.6 Å². The summed E-state index contributed by atoms with van der Waals surface area (Å²) in [5, 5.41) is 0. The smallest absolute Gasteiger partial charge is 0.0477 e. The number of nitrogens with two attached hydrogens (primary N) is 1. The molecule has 78 valence electrons. The molecule has 3 nitrogen and oxygen atoms in total. The van der Waals surface area contributed by atoms with Gasteiger partial charge in [-0.25, -0.2) is 0 Å². The lowest BCUT2D eigenvalue weighted by atomic mass is 10.1. The van der Waals surface area contributed by atoms with E-state index in [1.807, 2.05) is 0 Å². The molecule has 1 unspecified atom stereocenters. The van der Waals surface area contributed by atoms with Crippen molar-refractivity contribution in [3.05, 3.63) is 0 Å². The fourth-order valence-electron chi connectivity index (χ4n) is 1.83. The zero-order valence-corrected chi connectivity index (χ0v) is 8.67. The molecule has 1 fully saturated rings. The molecule has 1 rings (SSSR count). The van der Waals surface area contributed by atoms with Crippen molar-refractivity contribution < 1.29 is 4.74 Å². The van der Waals surface area contributed by atoms with Crippen LogP contribution in [0.5, 0.6) is 0 Å². The summed E-state index contributed by atoms with van der Waals surface area (Å²) in [6.07, 6.45) is 5.06. The zero-order valence-electron chi connectivity index (χ0n) is 8.67. The molecule has 3 heteroatoms. The van der Waals surface area contributed by atoms with Gasteiger partial charge in [-0.1, -0.05) is 6.42 Å². The minimum Gasteiger partial charge on any atom is -0.385 e. The number of nitrogens with zero attached hydrogens (tertiary/aromatic N) is 1. The van der Waals surface area contributed by atoms with Gasteiger partial charge in [0.25, 0.3) is 0 Å². The van der Waals surface area contributed by atoms with Crippen molar-refractivity contribution in [1.82, 2.24) is 4.90 Å². The van der Waals surface area contributed by atoms with E-state index in [2.05, 4.69) is 4.90 Å². The number of piperidine rings is 1. The normalized spacial score (nSPS) is 21.7. The molecule has 13 heavy (non-hydrogen) atoms. The molecule has 1 atom stereocenters. The predicted molar refractivity (Wildman–Crippen MR) is 54.8 cm³/mol. The van der Waals surface area contributed by atoms with Crippen LogP contribution >= 0.6 is 0 Å². The third kappa shape index (κ3) is 4.60. The van der Waals surface area contributed by atoms with Crippen molar-refractivity contribution in [3.8, 4) is 0 Å². The second-order valence-corrected chi connectivity index (χ2v) is 3.90. The average Bonchev–Trinajstić information content (AvgIpc) is 2.16. The highest BCUT2D eigenvalue weighted by Crippen LogP contribution is 2.08. The van der Waals surface area contributed by atoms with E-state index in [-0.39, 0.29) is 6.04 Å². The van der Waals surface area contributed by atoms with E-state index in [9.17, 15) is 0 Å². The molecule has 0 spiro atoms. The summed E-state index contributed by atoms with van der Waals surface area (Å²) in [6.45, 7) is 4.31. The molecule has 1 aliphatic rings. The molecule has 1 heterocycles. The molecule has 0 bridgehead atoms. The van der Waals surface area contributed by atoms with Crippen LogP contribution in [0.4, 0.5) is 0 Å². The molecule has 0 amide bonds. The highest BCUT2D eigenvalue weighted by atomic mass is 16.5. The van der Waals surface area contributed by atoms with E-state index in [4.69, 9.17) is 10.5 Å². The lowest BCUT2D eigenvalue weighted by molar-refractivity contribution is 0.167. The minimum absolute atomic E-state index is 0.290. The van der Waals surface area contributed by atoms with Gasteiger partial charge in [-0.15, -0.1) is 0 Å². The average molecular weight is 186 g/mol. The highest BCUT2D eigenvalue weighted by molar-refractivity contribution is 4.71. The first-order chi connectivity index (χ1) is 6.33. The van der Waals surface area contributed by atoms with E-state index in [1.165, 1.54) is 32.4 Å². The lowest BCUT2D eigenvalue weighted by Gasteiger charge is -2.28. The van der Waals surface area contributed by atoms with Gasteiger partial charge in [-0.3, -0.25) is 0 Å². The summed E-state index contributed by atoms with van der Waals surface area (Å²) in [5.41, 5.74) is 5.97. The molecular weight excluding hydrogens is 164 g/mol. The first-order valence-electron chi connectivity index (χ1n) is 5.30. The summed E-state index contributed by atoms with van der Waals surface area (Å²) in [7, 11) is 1.73.